The highest BCUT2D eigenvalue weighted by molar-refractivity contribution is 6.25. The fourth-order valence-corrected chi connectivity index (χ4v) is 20.4. The summed E-state index contributed by atoms with van der Waals surface area (Å²) in [6.45, 7) is 0. The molecule has 2 aliphatic rings. The first-order chi connectivity index (χ1) is 59.5. The Kier molecular flexibility index (Phi) is 13.3. The molecular weight excluding hydrogens is 1460 g/mol. The van der Waals surface area contributed by atoms with Crippen LogP contribution in [0.1, 0.15) is 0 Å². The van der Waals surface area contributed by atoms with Crippen LogP contribution in [0.25, 0.3) is 266 Å². The van der Waals surface area contributed by atoms with E-state index in [-0.39, 0.29) is 0 Å². The Hall–Kier alpha value is -16.3. The summed E-state index contributed by atoms with van der Waals surface area (Å²) in [5.41, 5.74) is 26.2. The minimum absolute atomic E-state index is 0.530. The molecule has 0 unspecified atom stereocenters. The summed E-state index contributed by atoms with van der Waals surface area (Å²) >= 11 is 0. The van der Waals surface area contributed by atoms with Gasteiger partial charge in [-0.3, -0.25) is 9.13 Å². The second kappa shape index (κ2) is 24.6. The van der Waals surface area contributed by atoms with Gasteiger partial charge in [0.2, 0.25) is 11.9 Å². The van der Waals surface area contributed by atoms with Crippen LogP contribution in [0.5, 0.6) is 0 Å². The Balaban J connectivity index is 0.652. The molecule has 27 rings (SSSR count). The number of hydrogen-bond donors (Lipinski definition) is 0. The van der Waals surface area contributed by atoms with Gasteiger partial charge in [-0.15, -0.1) is 0 Å². The van der Waals surface area contributed by atoms with Crippen LogP contribution < -0.4 is 0 Å². The van der Waals surface area contributed by atoms with Crippen LogP contribution >= 0.6 is 0 Å². The maximum absolute atomic E-state index is 5.79. The average molecular weight is 1520 g/mol. The number of fused-ring (bicyclic) bond motifs is 29. The lowest BCUT2D eigenvalue weighted by Crippen LogP contribution is -2.06. The van der Waals surface area contributed by atoms with E-state index in [9.17, 15) is 0 Å². The first kappa shape index (κ1) is 65.0. The number of para-hydroxylation sites is 6. The predicted octanol–water partition coefficient (Wildman–Crippen LogP) is 27.8. The molecule has 0 aliphatic carbocycles. The predicted molar refractivity (Wildman–Crippen MR) is 494 cm³/mol. The zero-order valence-electron chi connectivity index (χ0n) is 64.3. The molecule has 0 spiro atoms. The fraction of sp³-hybridized carbons (Fsp3) is 0. The molecule has 2 aliphatic heterocycles. The molecule has 0 saturated heterocycles. The molecule has 0 bridgehead atoms. The molecule has 10 heteroatoms. The third kappa shape index (κ3) is 9.26. The Morgan fingerprint density at radius 3 is 1.23 bits per heavy atom. The number of nitrogens with zero attached hydrogens (tertiary/aromatic N) is 10. The Morgan fingerprint density at radius 1 is 0.158 bits per heavy atom. The Morgan fingerprint density at radius 2 is 0.558 bits per heavy atom. The van der Waals surface area contributed by atoms with Crippen LogP contribution in [0.2, 0.25) is 0 Å². The molecule has 0 fully saturated rings. The maximum Gasteiger partial charge on any atom is 0.238 e. The summed E-state index contributed by atoms with van der Waals surface area (Å²) < 4.78 is 9.58. The Labute approximate surface area is 685 Å². The fourth-order valence-electron chi connectivity index (χ4n) is 20.4. The number of aromatic nitrogens is 10. The van der Waals surface area contributed by atoms with E-state index < -0.39 is 0 Å². The van der Waals surface area contributed by atoms with Gasteiger partial charge in [0, 0.05) is 87.6 Å². The molecule has 8 heterocycles. The van der Waals surface area contributed by atoms with Gasteiger partial charge in [0.05, 0.1) is 55.5 Å². The minimum Gasteiger partial charge on any atom is -0.308 e. The summed E-state index contributed by atoms with van der Waals surface area (Å²) in [5.74, 6) is 3.42. The van der Waals surface area contributed by atoms with Gasteiger partial charge in [0.15, 0.2) is 23.3 Å². The molecule has 0 amide bonds. The number of rotatable bonds is 7. The smallest absolute Gasteiger partial charge is 0.238 e. The summed E-state index contributed by atoms with van der Waals surface area (Å²) in [6, 6.07) is 137. The molecule has 0 saturated carbocycles. The van der Waals surface area contributed by atoms with Crippen molar-refractivity contribution in [2.75, 3.05) is 0 Å². The standard InChI is InChI=1S/C110H62N10/c1-2-25-65(26-3-1)105-111-106(71-52-53-74-68(56-71)49-48-64-24-6-8-29-72(64)74)114-109(113-105)119-96-45-18-14-35-81(96)90-60-99-92(62-100(90)119)86-41-22-42-87-102-75(37-20-38-83(102)80-34-13-17-44-95(80)118(99)104(86)87)69-51-54-78-88(57-69)73-30-9-7-28-67(73)58-93(78)108-112-107(70-50-47-63-23-4-5-27-66(63)55-70)115-110(116-108)120-97-46-19-15-36-82(97)89-59-98-91(61-101(89)120)85-40-21-39-84-77-32-11-10-31-76(77)79-33-12-16-43-94(79)117(98)103(84)85/h1-62H. The SMILES string of the molecule is c1ccc(-c2nc(-c3ccc4c(ccc5ccccc54)c3)nc(-n3c4ccccc4c4cc5c(cc43)c3cccc4c3n5-c3ccccc3-c3cccc(-c5ccc6c(-c7nc(-c8ccc9ccccc9c8)nc(-n8c9ccccc9c9cc%10c(cc98)c8cccc9c8n%10-c8ccccc8-c8ccccc8-9)n7)cc7ccccc7c6c5)c3-4)n2)cc1. The van der Waals surface area contributed by atoms with Gasteiger partial charge in [-0.05, 0) is 160 Å². The lowest BCUT2D eigenvalue weighted by Gasteiger charge is -2.17. The molecule has 0 atom stereocenters. The highest BCUT2D eigenvalue weighted by atomic mass is 15.2. The highest BCUT2D eigenvalue weighted by Crippen LogP contribution is 2.54. The lowest BCUT2D eigenvalue weighted by molar-refractivity contribution is 0.954. The van der Waals surface area contributed by atoms with Crippen molar-refractivity contribution in [3.8, 4) is 124 Å². The van der Waals surface area contributed by atoms with E-state index in [2.05, 4.69) is 376 Å². The van der Waals surface area contributed by atoms with Crippen molar-refractivity contribution in [3.05, 3.63) is 376 Å². The molecule has 10 nitrogen and oxygen atoms in total. The van der Waals surface area contributed by atoms with Gasteiger partial charge in [0.25, 0.3) is 0 Å². The number of benzene rings is 19. The molecule has 19 aromatic carbocycles. The van der Waals surface area contributed by atoms with Crippen LogP contribution in [0.15, 0.2) is 376 Å². The molecule has 0 N–H and O–H groups in total. The maximum atomic E-state index is 5.79. The Bertz CT molecular complexity index is 8880. The minimum atomic E-state index is 0.530. The topological polar surface area (TPSA) is 97.1 Å². The van der Waals surface area contributed by atoms with Gasteiger partial charge < -0.3 is 9.13 Å². The van der Waals surface area contributed by atoms with Gasteiger partial charge in [0.1, 0.15) is 0 Å². The van der Waals surface area contributed by atoms with Gasteiger partial charge in [-0.2, -0.15) is 19.9 Å². The van der Waals surface area contributed by atoms with Crippen molar-refractivity contribution in [3.63, 3.8) is 0 Å². The third-order valence-corrected chi connectivity index (χ3v) is 25.7. The van der Waals surface area contributed by atoms with Crippen molar-refractivity contribution in [2.24, 2.45) is 0 Å². The van der Waals surface area contributed by atoms with Gasteiger partial charge >= 0.3 is 0 Å². The van der Waals surface area contributed by atoms with Crippen molar-refractivity contribution in [2.45, 2.75) is 0 Å². The summed E-state index contributed by atoms with van der Waals surface area (Å²) in [7, 11) is 0. The van der Waals surface area contributed by atoms with Crippen LogP contribution in [0, 0.1) is 0 Å². The van der Waals surface area contributed by atoms with Crippen LogP contribution in [0.3, 0.4) is 0 Å². The average Bonchev–Trinajstić information content (AvgIpc) is 1.50. The number of hydrogen-bond acceptors (Lipinski definition) is 6. The quantitative estimate of drug-likeness (QED) is 0.148. The summed E-state index contributed by atoms with van der Waals surface area (Å²) in [4.78, 5) is 33.3. The molecule has 25 aromatic rings. The second-order valence-corrected chi connectivity index (χ2v) is 32.0. The van der Waals surface area contributed by atoms with Crippen LogP contribution in [-0.2, 0) is 0 Å². The van der Waals surface area contributed by atoms with Crippen molar-refractivity contribution in [1.29, 1.82) is 0 Å². The van der Waals surface area contributed by atoms with Crippen LogP contribution in [-0.4, -0.2) is 48.2 Å². The van der Waals surface area contributed by atoms with Gasteiger partial charge in [-0.25, -0.2) is 9.97 Å². The lowest BCUT2D eigenvalue weighted by atomic mass is 9.86. The zero-order chi connectivity index (χ0) is 78.1. The van der Waals surface area contributed by atoms with Crippen molar-refractivity contribution >= 4 is 141 Å². The molecule has 0 radical (unpaired) electrons. The van der Waals surface area contributed by atoms with E-state index in [1.54, 1.807) is 0 Å². The first-order valence-corrected chi connectivity index (χ1v) is 40.9. The van der Waals surface area contributed by atoms with E-state index >= 15 is 0 Å². The van der Waals surface area contributed by atoms with E-state index in [1.807, 2.05) is 18.2 Å². The zero-order valence-corrected chi connectivity index (χ0v) is 64.3. The van der Waals surface area contributed by atoms with Crippen molar-refractivity contribution < 1.29 is 0 Å². The van der Waals surface area contributed by atoms with Crippen molar-refractivity contribution in [1.82, 2.24) is 48.2 Å². The van der Waals surface area contributed by atoms with E-state index in [4.69, 9.17) is 29.9 Å². The van der Waals surface area contributed by atoms with Gasteiger partial charge in [-0.1, -0.05) is 303 Å². The summed E-state index contributed by atoms with van der Waals surface area (Å²) in [5, 5.41) is 20.3. The van der Waals surface area contributed by atoms with Crippen LogP contribution in [0.4, 0.5) is 0 Å². The van der Waals surface area contributed by atoms with E-state index in [0.29, 0.717) is 35.2 Å². The monoisotopic (exact) mass is 1520 g/mol. The molecule has 552 valence electrons. The molecule has 6 aromatic heterocycles. The largest absolute Gasteiger partial charge is 0.308 e. The summed E-state index contributed by atoms with van der Waals surface area (Å²) in [6.07, 6.45) is 0. The third-order valence-electron chi connectivity index (χ3n) is 25.7. The first-order valence-electron chi connectivity index (χ1n) is 40.9. The van der Waals surface area contributed by atoms with E-state index in [1.165, 1.54) is 54.9 Å². The highest BCUT2D eigenvalue weighted by Gasteiger charge is 2.32. The second-order valence-electron chi connectivity index (χ2n) is 32.0. The van der Waals surface area contributed by atoms with E-state index in [0.717, 1.165) is 175 Å². The molecule has 120 heavy (non-hydrogen) atoms. The normalized spacial score (nSPS) is 12.3. The molecular formula is C110H62N10.